The van der Waals surface area contributed by atoms with Gasteiger partial charge in [-0.2, -0.15) is 0 Å². The fourth-order valence-electron chi connectivity index (χ4n) is 4.79. The minimum atomic E-state index is -0.307. The van der Waals surface area contributed by atoms with Gasteiger partial charge in [-0.25, -0.2) is 0 Å². The number of nitrogens with zero attached hydrogens (tertiary/aromatic N) is 1. The molecule has 1 unspecified atom stereocenters. The first-order valence-corrected chi connectivity index (χ1v) is 12.6. The summed E-state index contributed by atoms with van der Waals surface area (Å²) in [7, 11) is 0. The topological polar surface area (TPSA) is 78.5 Å². The van der Waals surface area contributed by atoms with Gasteiger partial charge in [-0.1, -0.05) is 48.6 Å². The number of halogens is 1. The minimum absolute atomic E-state index is 0.0503. The van der Waals surface area contributed by atoms with Crippen LogP contribution in [0.3, 0.4) is 0 Å². The maximum absolute atomic E-state index is 13.0. The summed E-state index contributed by atoms with van der Waals surface area (Å²) in [6, 6.07) is 12.7. The van der Waals surface area contributed by atoms with Crippen LogP contribution in [-0.2, 0) is 4.79 Å². The van der Waals surface area contributed by atoms with Crippen LogP contribution < -0.4 is 10.6 Å². The molecule has 4 rings (SSSR count). The summed E-state index contributed by atoms with van der Waals surface area (Å²) in [6.07, 6.45) is 6.92. The molecule has 1 atom stereocenters. The second-order valence-electron chi connectivity index (χ2n) is 9.45. The molecule has 1 aliphatic carbocycles. The Morgan fingerprint density at radius 3 is 2.41 bits per heavy atom. The number of piperidine rings is 1. The van der Waals surface area contributed by atoms with Crippen molar-refractivity contribution in [1.82, 2.24) is 10.2 Å². The summed E-state index contributed by atoms with van der Waals surface area (Å²) in [4.78, 5) is 40.5. The van der Waals surface area contributed by atoms with Crippen molar-refractivity contribution in [3.63, 3.8) is 0 Å². The maximum Gasteiger partial charge on any atom is 0.253 e. The van der Waals surface area contributed by atoms with Crippen molar-refractivity contribution in [2.24, 2.45) is 5.92 Å². The summed E-state index contributed by atoms with van der Waals surface area (Å²) in [5.41, 5.74) is 2.63. The molecule has 2 aromatic rings. The van der Waals surface area contributed by atoms with Crippen molar-refractivity contribution in [3.8, 4) is 0 Å². The van der Waals surface area contributed by atoms with Gasteiger partial charge in [0.25, 0.3) is 11.8 Å². The number of nitrogens with one attached hydrogen (secondary N) is 2. The smallest absolute Gasteiger partial charge is 0.253 e. The van der Waals surface area contributed by atoms with Crippen LogP contribution in [0.5, 0.6) is 0 Å². The highest BCUT2D eigenvalue weighted by Crippen LogP contribution is 2.25. The summed E-state index contributed by atoms with van der Waals surface area (Å²) in [5.74, 6) is -0.716. The van der Waals surface area contributed by atoms with Gasteiger partial charge in [0.05, 0.1) is 16.5 Å². The molecule has 1 aliphatic heterocycles. The average molecular weight is 482 g/mol. The highest BCUT2D eigenvalue weighted by atomic mass is 35.5. The molecular formula is C27H32ClN3O3. The third-order valence-electron chi connectivity index (χ3n) is 6.80. The van der Waals surface area contributed by atoms with Crippen molar-refractivity contribution >= 4 is 35.0 Å². The first-order valence-electron chi connectivity index (χ1n) is 12.2. The van der Waals surface area contributed by atoms with Gasteiger partial charge in [-0.05, 0) is 62.9 Å². The Labute approximate surface area is 206 Å². The SMILES string of the molecule is Cc1ccc(C(=O)N2CCCC(C(=O)Nc3ccc(Cl)c(C(=O)NC4CCCCC4)c3)C2)cc1. The number of hydrogen-bond acceptors (Lipinski definition) is 3. The first kappa shape index (κ1) is 24.3. The monoisotopic (exact) mass is 481 g/mol. The van der Waals surface area contributed by atoms with Gasteiger partial charge < -0.3 is 15.5 Å². The van der Waals surface area contributed by atoms with Gasteiger partial charge in [-0.15, -0.1) is 0 Å². The van der Waals surface area contributed by atoms with Crippen molar-refractivity contribution in [3.05, 3.63) is 64.2 Å². The number of hydrogen-bond donors (Lipinski definition) is 2. The van der Waals surface area contributed by atoms with Crippen LogP contribution in [0, 0.1) is 12.8 Å². The quantitative estimate of drug-likeness (QED) is 0.615. The van der Waals surface area contributed by atoms with Gasteiger partial charge in [0, 0.05) is 30.4 Å². The van der Waals surface area contributed by atoms with E-state index in [9.17, 15) is 14.4 Å². The lowest BCUT2D eigenvalue weighted by Gasteiger charge is -2.32. The second kappa shape index (κ2) is 11.0. The van der Waals surface area contributed by atoms with E-state index in [1.165, 1.54) is 6.42 Å². The zero-order chi connectivity index (χ0) is 24.1. The lowest BCUT2D eigenvalue weighted by atomic mass is 9.95. The fraction of sp³-hybridized carbons (Fsp3) is 0.444. The Kier molecular flexibility index (Phi) is 7.88. The second-order valence-corrected chi connectivity index (χ2v) is 9.86. The van der Waals surface area contributed by atoms with Crippen molar-refractivity contribution in [2.75, 3.05) is 18.4 Å². The molecule has 7 heteroatoms. The number of likely N-dealkylation sites (tertiary alicyclic amines) is 1. The van der Waals surface area contributed by atoms with E-state index in [1.807, 2.05) is 31.2 Å². The number of rotatable bonds is 5. The molecule has 1 saturated carbocycles. The molecule has 3 amide bonds. The molecule has 180 valence electrons. The zero-order valence-corrected chi connectivity index (χ0v) is 20.4. The van der Waals surface area contributed by atoms with Gasteiger partial charge >= 0.3 is 0 Å². The van der Waals surface area contributed by atoms with E-state index in [2.05, 4.69) is 10.6 Å². The Hall–Kier alpha value is -2.86. The number of aryl methyl sites for hydroxylation is 1. The van der Waals surface area contributed by atoms with E-state index in [0.29, 0.717) is 41.3 Å². The summed E-state index contributed by atoms with van der Waals surface area (Å²) >= 11 is 6.30. The zero-order valence-electron chi connectivity index (χ0n) is 19.6. The number of amides is 3. The molecule has 2 fully saturated rings. The molecule has 2 aromatic carbocycles. The molecule has 0 spiro atoms. The minimum Gasteiger partial charge on any atom is -0.349 e. The highest BCUT2D eigenvalue weighted by molar-refractivity contribution is 6.34. The van der Waals surface area contributed by atoms with Crippen LogP contribution in [0.1, 0.15) is 71.2 Å². The van der Waals surface area contributed by atoms with Gasteiger partial charge in [-0.3, -0.25) is 14.4 Å². The summed E-state index contributed by atoms with van der Waals surface area (Å²) in [5, 5.41) is 6.37. The number of anilines is 1. The van der Waals surface area contributed by atoms with Crippen molar-refractivity contribution < 1.29 is 14.4 Å². The molecule has 34 heavy (non-hydrogen) atoms. The molecule has 1 saturated heterocycles. The van der Waals surface area contributed by atoms with Crippen LogP contribution >= 0.6 is 11.6 Å². The maximum atomic E-state index is 13.0. The Morgan fingerprint density at radius 2 is 1.68 bits per heavy atom. The van der Waals surface area contributed by atoms with E-state index in [-0.39, 0.29) is 29.7 Å². The van der Waals surface area contributed by atoms with Crippen LogP contribution in [0.2, 0.25) is 5.02 Å². The lowest BCUT2D eigenvalue weighted by molar-refractivity contribution is -0.121. The highest BCUT2D eigenvalue weighted by Gasteiger charge is 2.29. The van der Waals surface area contributed by atoms with Crippen LogP contribution in [0.4, 0.5) is 5.69 Å². The van der Waals surface area contributed by atoms with Crippen LogP contribution in [0.15, 0.2) is 42.5 Å². The molecule has 0 bridgehead atoms. The lowest BCUT2D eigenvalue weighted by Crippen LogP contribution is -2.43. The summed E-state index contributed by atoms with van der Waals surface area (Å²) < 4.78 is 0. The van der Waals surface area contributed by atoms with Gasteiger partial charge in [0.1, 0.15) is 0 Å². The summed E-state index contributed by atoms with van der Waals surface area (Å²) in [6.45, 7) is 3.00. The fourth-order valence-corrected chi connectivity index (χ4v) is 4.99. The van der Waals surface area contributed by atoms with E-state index in [0.717, 1.165) is 37.7 Å². The number of carbonyl (C=O) groups excluding carboxylic acids is 3. The number of benzene rings is 2. The molecule has 2 aliphatic rings. The molecule has 0 radical (unpaired) electrons. The van der Waals surface area contributed by atoms with E-state index in [1.54, 1.807) is 23.1 Å². The number of carbonyl (C=O) groups is 3. The normalized spacial score (nSPS) is 18.9. The largest absolute Gasteiger partial charge is 0.349 e. The van der Waals surface area contributed by atoms with Crippen molar-refractivity contribution in [2.45, 2.75) is 57.9 Å². The van der Waals surface area contributed by atoms with E-state index >= 15 is 0 Å². The molecule has 0 aromatic heterocycles. The molecular weight excluding hydrogens is 450 g/mol. The molecule has 1 heterocycles. The van der Waals surface area contributed by atoms with Crippen molar-refractivity contribution in [1.29, 1.82) is 0 Å². The standard InChI is InChI=1S/C27H32ClN3O3/c1-18-9-11-19(12-10-18)27(34)31-15-5-6-20(17-31)25(32)30-22-13-14-24(28)23(16-22)26(33)29-21-7-3-2-4-8-21/h9-14,16,20-21H,2-8,15,17H2,1H3,(H,29,33)(H,30,32). The van der Waals surface area contributed by atoms with E-state index < -0.39 is 0 Å². The van der Waals surface area contributed by atoms with Gasteiger partial charge in [0.15, 0.2) is 0 Å². The van der Waals surface area contributed by atoms with Crippen LogP contribution in [0.25, 0.3) is 0 Å². The van der Waals surface area contributed by atoms with Crippen LogP contribution in [-0.4, -0.2) is 41.8 Å². The predicted molar refractivity (Wildman–Crippen MR) is 134 cm³/mol. The predicted octanol–water partition coefficient (Wildman–Crippen LogP) is 5.20. The molecule has 6 nitrogen and oxygen atoms in total. The Balaban J connectivity index is 1.38. The third kappa shape index (κ3) is 5.98. The Morgan fingerprint density at radius 1 is 0.941 bits per heavy atom. The van der Waals surface area contributed by atoms with Gasteiger partial charge in [0.2, 0.25) is 5.91 Å². The first-order chi connectivity index (χ1) is 16.4. The third-order valence-corrected chi connectivity index (χ3v) is 7.13. The molecule has 2 N–H and O–H groups in total. The van der Waals surface area contributed by atoms with E-state index in [4.69, 9.17) is 11.6 Å². The average Bonchev–Trinajstić information content (AvgIpc) is 2.86. The Bertz CT molecular complexity index is 1050.